The molecule has 0 radical (unpaired) electrons. The Hall–Kier alpha value is -1.36. The van der Waals surface area contributed by atoms with E-state index in [-0.39, 0.29) is 18.3 Å². The fourth-order valence-electron chi connectivity index (χ4n) is 2.95. The van der Waals surface area contributed by atoms with E-state index in [1.54, 1.807) is 6.92 Å². The number of hydrogen-bond acceptors (Lipinski definition) is 2. The van der Waals surface area contributed by atoms with Crippen molar-refractivity contribution >= 4 is 34.2 Å². The van der Waals surface area contributed by atoms with Crippen LogP contribution < -0.4 is 5.73 Å². The van der Waals surface area contributed by atoms with Crippen LogP contribution in [-0.4, -0.2) is 17.4 Å². The number of benzene rings is 2. The molecule has 1 unspecified atom stereocenters. The van der Waals surface area contributed by atoms with Gasteiger partial charge in [-0.05, 0) is 36.1 Å². The summed E-state index contributed by atoms with van der Waals surface area (Å²) in [6, 6.07) is 15.8. The number of nitrogens with two attached hydrogens (primary N) is 1. The van der Waals surface area contributed by atoms with E-state index in [1.807, 2.05) is 47.4 Å². The molecule has 0 fully saturated rings. The molecule has 3 rings (SSSR count). The Morgan fingerprint density at radius 1 is 1.17 bits per heavy atom. The molecule has 122 valence electrons. The van der Waals surface area contributed by atoms with E-state index >= 15 is 0 Å². The Bertz CT molecular complexity index is 703. The maximum absolute atomic E-state index is 12.9. The Morgan fingerprint density at radius 3 is 2.57 bits per heavy atom. The predicted molar refractivity (Wildman–Crippen MR) is 98.5 cm³/mol. The molecule has 3 nitrogen and oxygen atoms in total. The fraction of sp³-hybridized carbons (Fsp3) is 0.278. The van der Waals surface area contributed by atoms with E-state index in [0.29, 0.717) is 13.1 Å². The minimum absolute atomic E-state index is 0. The van der Waals surface area contributed by atoms with Crippen LogP contribution in [0, 0.1) is 0 Å². The third-order valence-electron chi connectivity index (χ3n) is 4.32. The van der Waals surface area contributed by atoms with Gasteiger partial charge in [-0.3, -0.25) is 4.79 Å². The fourth-order valence-corrected chi connectivity index (χ4v) is 3.48. The van der Waals surface area contributed by atoms with Crippen LogP contribution in [0.4, 0.5) is 0 Å². The van der Waals surface area contributed by atoms with Crippen LogP contribution >= 0.6 is 28.3 Å². The molecule has 2 aromatic rings. The highest BCUT2D eigenvalue weighted by Crippen LogP contribution is 2.29. The molecule has 1 aliphatic rings. The highest BCUT2D eigenvalue weighted by atomic mass is 79.9. The number of amides is 1. The van der Waals surface area contributed by atoms with Crippen molar-refractivity contribution < 1.29 is 4.79 Å². The number of rotatable bonds is 2. The first-order valence-electron chi connectivity index (χ1n) is 7.40. The van der Waals surface area contributed by atoms with Crippen molar-refractivity contribution in [1.29, 1.82) is 0 Å². The summed E-state index contributed by atoms with van der Waals surface area (Å²) in [5, 5.41) is 0. The first-order chi connectivity index (χ1) is 10.5. The van der Waals surface area contributed by atoms with Gasteiger partial charge in [0.25, 0.3) is 0 Å². The quantitative estimate of drug-likeness (QED) is 0.844. The number of carbonyl (C=O) groups excluding carboxylic acids is 1. The van der Waals surface area contributed by atoms with Crippen molar-refractivity contribution in [2.45, 2.75) is 25.4 Å². The summed E-state index contributed by atoms with van der Waals surface area (Å²) < 4.78 is 1.06. The molecule has 0 aromatic heterocycles. The molecule has 0 aliphatic carbocycles. The first kappa shape index (κ1) is 18.0. The SMILES string of the molecule is CC(N)(C(=O)N1CCc2cccc(Br)c2C1)c1ccccc1.Cl. The van der Waals surface area contributed by atoms with Crippen molar-refractivity contribution in [3.05, 3.63) is 69.7 Å². The van der Waals surface area contributed by atoms with Gasteiger partial charge in [-0.25, -0.2) is 0 Å². The molecule has 1 aliphatic heterocycles. The van der Waals surface area contributed by atoms with Gasteiger partial charge in [-0.1, -0.05) is 58.4 Å². The largest absolute Gasteiger partial charge is 0.336 e. The molecule has 2 N–H and O–H groups in total. The van der Waals surface area contributed by atoms with E-state index < -0.39 is 5.54 Å². The Balaban J connectivity index is 0.00000192. The molecule has 1 atom stereocenters. The molecular formula is C18H20BrClN2O. The second-order valence-electron chi connectivity index (χ2n) is 5.92. The Morgan fingerprint density at radius 2 is 1.87 bits per heavy atom. The zero-order chi connectivity index (χ0) is 15.7. The molecule has 1 heterocycles. The summed E-state index contributed by atoms with van der Waals surface area (Å²) >= 11 is 3.58. The lowest BCUT2D eigenvalue weighted by molar-refractivity contribution is -0.137. The van der Waals surface area contributed by atoms with Gasteiger partial charge in [0.15, 0.2) is 0 Å². The second-order valence-corrected chi connectivity index (χ2v) is 6.78. The van der Waals surface area contributed by atoms with Crippen molar-refractivity contribution in [2.24, 2.45) is 5.73 Å². The molecule has 0 bridgehead atoms. The summed E-state index contributed by atoms with van der Waals surface area (Å²) in [7, 11) is 0. The van der Waals surface area contributed by atoms with Gasteiger partial charge in [-0.2, -0.15) is 0 Å². The van der Waals surface area contributed by atoms with Gasteiger partial charge in [0.05, 0.1) is 0 Å². The average molecular weight is 396 g/mol. The van der Waals surface area contributed by atoms with E-state index in [0.717, 1.165) is 16.5 Å². The highest BCUT2D eigenvalue weighted by molar-refractivity contribution is 9.10. The van der Waals surface area contributed by atoms with Gasteiger partial charge in [0.1, 0.15) is 5.54 Å². The van der Waals surface area contributed by atoms with Crippen LogP contribution in [0.15, 0.2) is 53.0 Å². The Labute approximate surface area is 151 Å². The Kier molecular flexibility index (Phi) is 5.50. The molecule has 5 heteroatoms. The van der Waals surface area contributed by atoms with Gasteiger partial charge < -0.3 is 10.6 Å². The predicted octanol–water partition coefficient (Wildman–Crippen LogP) is 3.63. The van der Waals surface area contributed by atoms with Crippen LogP contribution in [0.1, 0.15) is 23.6 Å². The van der Waals surface area contributed by atoms with Crippen molar-refractivity contribution in [2.75, 3.05) is 6.54 Å². The summed E-state index contributed by atoms with van der Waals surface area (Å²) in [5.41, 5.74) is 8.70. The lowest BCUT2D eigenvalue weighted by atomic mass is 9.90. The highest BCUT2D eigenvalue weighted by Gasteiger charge is 2.35. The van der Waals surface area contributed by atoms with E-state index in [1.165, 1.54) is 11.1 Å². The molecule has 0 saturated heterocycles. The smallest absolute Gasteiger partial charge is 0.247 e. The maximum Gasteiger partial charge on any atom is 0.247 e. The monoisotopic (exact) mass is 394 g/mol. The second kappa shape index (κ2) is 7.04. The third-order valence-corrected chi connectivity index (χ3v) is 5.06. The number of halogens is 2. The van der Waals surface area contributed by atoms with Gasteiger partial charge in [-0.15, -0.1) is 12.4 Å². The summed E-state index contributed by atoms with van der Waals surface area (Å²) in [6.45, 7) is 3.11. The van der Waals surface area contributed by atoms with Crippen LogP contribution in [0.3, 0.4) is 0 Å². The molecule has 23 heavy (non-hydrogen) atoms. The lowest BCUT2D eigenvalue weighted by Crippen LogP contribution is -2.52. The third kappa shape index (κ3) is 3.44. The van der Waals surface area contributed by atoms with Gasteiger partial charge in [0.2, 0.25) is 5.91 Å². The summed E-state index contributed by atoms with van der Waals surface area (Å²) in [4.78, 5) is 14.8. The summed E-state index contributed by atoms with van der Waals surface area (Å²) in [5.74, 6) is -0.0277. The van der Waals surface area contributed by atoms with Gasteiger partial charge >= 0.3 is 0 Å². The summed E-state index contributed by atoms with van der Waals surface area (Å²) in [6.07, 6.45) is 0.866. The zero-order valence-corrected chi connectivity index (χ0v) is 15.4. The topological polar surface area (TPSA) is 46.3 Å². The van der Waals surface area contributed by atoms with E-state index in [4.69, 9.17) is 5.73 Å². The molecular weight excluding hydrogens is 376 g/mol. The normalized spacial score (nSPS) is 16.0. The molecule has 1 amide bonds. The van der Waals surface area contributed by atoms with Crippen LogP contribution in [0.2, 0.25) is 0 Å². The number of hydrogen-bond donors (Lipinski definition) is 1. The van der Waals surface area contributed by atoms with Crippen molar-refractivity contribution in [3.8, 4) is 0 Å². The number of fused-ring (bicyclic) bond motifs is 1. The number of carbonyl (C=O) groups is 1. The lowest BCUT2D eigenvalue weighted by Gasteiger charge is -2.35. The van der Waals surface area contributed by atoms with E-state index in [9.17, 15) is 4.79 Å². The van der Waals surface area contributed by atoms with Crippen LogP contribution in [0.25, 0.3) is 0 Å². The van der Waals surface area contributed by atoms with Gasteiger partial charge in [0, 0.05) is 17.6 Å². The first-order valence-corrected chi connectivity index (χ1v) is 8.19. The zero-order valence-electron chi connectivity index (χ0n) is 13.0. The number of nitrogens with zero attached hydrogens (tertiary/aromatic N) is 1. The minimum atomic E-state index is -1.000. The standard InChI is InChI=1S/C18H19BrN2O.ClH/c1-18(20,14-7-3-2-4-8-14)17(22)21-11-10-13-6-5-9-16(19)15(13)12-21;/h2-9H,10-12,20H2,1H3;1H. The minimum Gasteiger partial charge on any atom is -0.336 e. The van der Waals surface area contributed by atoms with Crippen molar-refractivity contribution in [1.82, 2.24) is 4.90 Å². The average Bonchev–Trinajstić information content (AvgIpc) is 2.55. The van der Waals surface area contributed by atoms with E-state index in [2.05, 4.69) is 22.0 Å². The van der Waals surface area contributed by atoms with Crippen LogP contribution in [0.5, 0.6) is 0 Å². The van der Waals surface area contributed by atoms with Crippen LogP contribution in [-0.2, 0) is 23.3 Å². The molecule has 0 spiro atoms. The maximum atomic E-state index is 12.9. The van der Waals surface area contributed by atoms with Crippen molar-refractivity contribution in [3.63, 3.8) is 0 Å². The molecule has 0 saturated carbocycles. The molecule has 2 aromatic carbocycles.